The maximum absolute atomic E-state index is 5.48. The lowest BCUT2D eigenvalue weighted by atomic mass is 9.98. The molecular formula is C31H25N5O2. The van der Waals surface area contributed by atoms with Crippen LogP contribution in [0.15, 0.2) is 103 Å². The first-order valence-corrected chi connectivity index (χ1v) is 12.3. The zero-order valence-electron chi connectivity index (χ0n) is 21.1. The number of rotatable bonds is 7. The van der Waals surface area contributed by atoms with Crippen LogP contribution in [0.1, 0.15) is 5.56 Å². The fourth-order valence-electron chi connectivity index (χ4n) is 4.62. The Labute approximate surface area is 220 Å². The fraction of sp³-hybridized carbons (Fsp3) is 0.0968. The molecule has 6 rings (SSSR count). The predicted octanol–water partition coefficient (Wildman–Crippen LogP) is 6.29. The van der Waals surface area contributed by atoms with Crippen LogP contribution in [-0.4, -0.2) is 39.2 Å². The third-order valence-corrected chi connectivity index (χ3v) is 6.43. The van der Waals surface area contributed by atoms with E-state index in [-0.39, 0.29) is 0 Å². The number of benzene rings is 4. The van der Waals surface area contributed by atoms with Crippen molar-refractivity contribution in [1.29, 1.82) is 0 Å². The Morgan fingerprint density at radius 2 is 1.37 bits per heavy atom. The van der Waals surface area contributed by atoms with Crippen LogP contribution in [-0.2, 0) is 6.54 Å². The number of ether oxygens (including phenoxy) is 2. The third-order valence-electron chi connectivity index (χ3n) is 6.43. The number of nitrogens with zero attached hydrogens (tertiary/aromatic N) is 5. The molecule has 0 unspecified atom stereocenters. The van der Waals surface area contributed by atoms with E-state index in [1.807, 2.05) is 83.7 Å². The molecule has 0 saturated carbocycles. The minimum absolute atomic E-state index is 0.489. The van der Waals surface area contributed by atoms with Crippen molar-refractivity contribution in [1.82, 2.24) is 25.0 Å². The smallest absolute Gasteiger partial charge is 0.122 e. The Bertz CT molecular complexity index is 1710. The fourth-order valence-corrected chi connectivity index (χ4v) is 4.62. The van der Waals surface area contributed by atoms with Gasteiger partial charge in [-0.15, -0.1) is 5.10 Å². The second kappa shape index (κ2) is 10.1. The van der Waals surface area contributed by atoms with Gasteiger partial charge in [-0.25, -0.2) is 9.67 Å². The number of hydrogen-bond acceptors (Lipinski definition) is 6. The normalized spacial score (nSPS) is 11.0. The van der Waals surface area contributed by atoms with E-state index in [1.165, 1.54) is 0 Å². The van der Waals surface area contributed by atoms with Crippen molar-refractivity contribution < 1.29 is 9.47 Å². The predicted molar refractivity (Wildman–Crippen MR) is 148 cm³/mol. The van der Waals surface area contributed by atoms with Crippen LogP contribution < -0.4 is 9.47 Å². The van der Waals surface area contributed by atoms with Crippen molar-refractivity contribution in [3.8, 4) is 45.3 Å². The molecule has 0 fully saturated rings. The highest BCUT2D eigenvalue weighted by atomic mass is 16.5. The Morgan fingerprint density at radius 3 is 2.11 bits per heavy atom. The van der Waals surface area contributed by atoms with Gasteiger partial charge in [-0.1, -0.05) is 71.9 Å². The summed E-state index contributed by atoms with van der Waals surface area (Å²) in [7, 11) is 3.29. The molecule has 7 heteroatoms. The lowest BCUT2D eigenvalue weighted by molar-refractivity contribution is 0.393. The largest absolute Gasteiger partial charge is 0.497 e. The highest BCUT2D eigenvalue weighted by Gasteiger charge is 2.21. The monoisotopic (exact) mass is 499 g/mol. The Morgan fingerprint density at radius 1 is 0.711 bits per heavy atom. The summed E-state index contributed by atoms with van der Waals surface area (Å²) in [6.07, 6.45) is 1.82. The molecule has 38 heavy (non-hydrogen) atoms. The molecule has 0 aliphatic rings. The molecule has 0 spiro atoms. The summed E-state index contributed by atoms with van der Waals surface area (Å²) in [5.41, 5.74) is 8.06. The van der Waals surface area contributed by atoms with Gasteiger partial charge in [-0.05, 0) is 29.8 Å². The Kier molecular flexibility index (Phi) is 6.24. The van der Waals surface area contributed by atoms with Crippen LogP contribution in [0.2, 0.25) is 0 Å². The molecule has 7 nitrogen and oxygen atoms in total. The maximum Gasteiger partial charge on any atom is 0.122 e. The van der Waals surface area contributed by atoms with Crippen LogP contribution in [0.25, 0.3) is 44.8 Å². The van der Waals surface area contributed by atoms with Gasteiger partial charge < -0.3 is 9.47 Å². The molecule has 0 aliphatic carbocycles. The number of hydrogen-bond donors (Lipinski definition) is 0. The van der Waals surface area contributed by atoms with Gasteiger partial charge in [0.25, 0.3) is 0 Å². The molecule has 0 radical (unpaired) electrons. The van der Waals surface area contributed by atoms with Crippen molar-refractivity contribution in [3.63, 3.8) is 0 Å². The van der Waals surface area contributed by atoms with Crippen LogP contribution in [0.4, 0.5) is 0 Å². The summed E-state index contributed by atoms with van der Waals surface area (Å²) in [6.45, 7) is 0.489. The summed E-state index contributed by atoms with van der Waals surface area (Å²) in [6, 6.07) is 32.0. The van der Waals surface area contributed by atoms with Gasteiger partial charge in [0.2, 0.25) is 0 Å². The van der Waals surface area contributed by atoms with Crippen molar-refractivity contribution in [2.24, 2.45) is 0 Å². The number of para-hydroxylation sites is 2. The quantitative estimate of drug-likeness (QED) is 0.257. The molecule has 2 heterocycles. The lowest BCUT2D eigenvalue weighted by Gasteiger charge is -2.13. The van der Waals surface area contributed by atoms with E-state index < -0.39 is 0 Å². The van der Waals surface area contributed by atoms with Crippen LogP contribution in [0, 0.1) is 0 Å². The number of aromatic nitrogens is 5. The molecule has 0 bridgehead atoms. The second-order valence-corrected chi connectivity index (χ2v) is 8.82. The topological polar surface area (TPSA) is 75.0 Å². The maximum atomic E-state index is 5.48. The van der Waals surface area contributed by atoms with Gasteiger partial charge >= 0.3 is 0 Å². The zero-order valence-corrected chi connectivity index (χ0v) is 21.1. The lowest BCUT2D eigenvalue weighted by Crippen LogP contribution is -2.05. The zero-order chi connectivity index (χ0) is 25.9. The van der Waals surface area contributed by atoms with Gasteiger partial charge in [0.15, 0.2) is 0 Å². The molecule has 0 atom stereocenters. The molecule has 0 saturated heterocycles. The second-order valence-electron chi connectivity index (χ2n) is 8.82. The van der Waals surface area contributed by atoms with E-state index in [1.54, 1.807) is 14.2 Å². The van der Waals surface area contributed by atoms with Gasteiger partial charge in [-0.3, -0.25) is 4.98 Å². The van der Waals surface area contributed by atoms with E-state index in [9.17, 15) is 0 Å². The van der Waals surface area contributed by atoms with E-state index in [2.05, 4.69) is 34.5 Å². The first-order valence-electron chi connectivity index (χ1n) is 12.3. The summed E-state index contributed by atoms with van der Waals surface area (Å²) < 4.78 is 12.9. The van der Waals surface area contributed by atoms with Gasteiger partial charge in [-0.2, -0.15) is 0 Å². The highest BCUT2D eigenvalue weighted by Crippen LogP contribution is 2.37. The number of methoxy groups -OCH3 is 2. The molecule has 186 valence electrons. The molecule has 2 aromatic heterocycles. The Hall–Kier alpha value is -5.04. The minimum Gasteiger partial charge on any atom is -0.497 e. The van der Waals surface area contributed by atoms with Gasteiger partial charge in [0.05, 0.1) is 49.4 Å². The standard InChI is InChI=1S/C31H25N5O2/c1-37-23-16-21(17-24(18-23)38-2)20-36-31(22-10-4-3-5-11-22)30(34-35-36)26-13-7-6-12-25(26)29-19-32-27-14-8-9-15-28(27)33-29/h3-19H,20H2,1-2H3. The summed E-state index contributed by atoms with van der Waals surface area (Å²) in [5, 5.41) is 9.30. The van der Waals surface area contributed by atoms with Crippen LogP contribution >= 0.6 is 0 Å². The molecular weight excluding hydrogens is 474 g/mol. The van der Waals surface area contributed by atoms with Crippen molar-refractivity contribution in [3.05, 3.63) is 109 Å². The minimum atomic E-state index is 0.489. The first-order chi connectivity index (χ1) is 18.7. The highest BCUT2D eigenvalue weighted by molar-refractivity contribution is 5.88. The van der Waals surface area contributed by atoms with E-state index in [0.29, 0.717) is 6.54 Å². The Balaban J connectivity index is 1.50. The van der Waals surface area contributed by atoms with Crippen molar-refractivity contribution >= 4 is 11.0 Å². The van der Waals surface area contributed by atoms with Gasteiger partial charge in [0.1, 0.15) is 17.2 Å². The van der Waals surface area contributed by atoms with Crippen LogP contribution in [0.3, 0.4) is 0 Å². The molecule has 0 amide bonds. The van der Waals surface area contributed by atoms with Crippen LogP contribution in [0.5, 0.6) is 11.5 Å². The molecule has 6 aromatic rings. The molecule has 0 aliphatic heterocycles. The number of fused-ring (bicyclic) bond motifs is 1. The summed E-state index contributed by atoms with van der Waals surface area (Å²) in [4.78, 5) is 9.54. The first kappa shape index (κ1) is 23.4. The summed E-state index contributed by atoms with van der Waals surface area (Å²) in [5.74, 6) is 1.45. The van der Waals surface area contributed by atoms with Gasteiger partial charge in [0, 0.05) is 22.8 Å². The SMILES string of the molecule is COc1cc(Cn2nnc(-c3ccccc3-c3cnc4ccccc4n3)c2-c2ccccc2)cc(OC)c1. The molecule has 0 N–H and O–H groups in total. The van der Waals surface area contributed by atoms with E-state index in [4.69, 9.17) is 19.6 Å². The average molecular weight is 500 g/mol. The van der Waals surface area contributed by atoms with Crippen molar-refractivity contribution in [2.45, 2.75) is 6.54 Å². The van der Waals surface area contributed by atoms with E-state index in [0.717, 1.165) is 61.9 Å². The van der Waals surface area contributed by atoms with E-state index >= 15 is 0 Å². The summed E-state index contributed by atoms with van der Waals surface area (Å²) >= 11 is 0. The van der Waals surface area contributed by atoms with Crippen molar-refractivity contribution in [2.75, 3.05) is 14.2 Å². The molecule has 4 aromatic carbocycles. The average Bonchev–Trinajstić information content (AvgIpc) is 3.40. The third kappa shape index (κ3) is 4.46.